The highest BCUT2D eigenvalue weighted by atomic mass is 32.1. The number of hydrogen-bond acceptors (Lipinski definition) is 4. The van der Waals surface area contributed by atoms with E-state index >= 15 is 0 Å². The van der Waals surface area contributed by atoms with E-state index in [2.05, 4.69) is 21.3 Å². The lowest BCUT2D eigenvalue weighted by molar-refractivity contribution is -0.128. The maximum Gasteiger partial charge on any atom is 0.247 e. The first-order chi connectivity index (χ1) is 23.7. The summed E-state index contributed by atoms with van der Waals surface area (Å²) in [5, 5.41) is 13.7. The van der Waals surface area contributed by atoms with Gasteiger partial charge in [-0.3, -0.25) is 9.59 Å². The highest BCUT2D eigenvalue weighted by Crippen LogP contribution is 2.27. The molecule has 50 heavy (non-hydrogen) atoms. The summed E-state index contributed by atoms with van der Waals surface area (Å²) in [5.74, 6) is -0.412. The number of hydrogen-bond donors (Lipinski definition) is 4. The van der Waals surface area contributed by atoms with Gasteiger partial charge in [-0.15, -0.1) is 0 Å². The molecule has 0 aliphatic rings. The minimum atomic E-state index is -0.796. The minimum absolute atomic E-state index is 0.206. The number of carbonyl (C=O) groups is 2. The third-order valence-corrected chi connectivity index (χ3v) is 8.17. The summed E-state index contributed by atoms with van der Waals surface area (Å²) < 4.78 is 0. The number of anilines is 2. The van der Waals surface area contributed by atoms with Crippen molar-refractivity contribution in [2.75, 3.05) is 23.7 Å². The molecule has 2 amide bonds. The highest BCUT2D eigenvalue weighted by molar-refractivity contribution is 7.80. The lowest BCUT2D eigenvalue weighted by Gasteiger charge is -2.39. The van der Waals surface area contributed by atoms with Gasteiger partial charge >= 0.3 is 0 Å². The summed E-state index contributed by atoms with van der Waals surface area (Å²) in [4.78, 5) is 32.2. The van der Waals surface area contributed by atoms with Crippen LogP contribution in [0, 0.1) is 0 Å². The fourth-order valence-electron chi connectivity index (χ4n) is 5.44. The molecule has 0 spiro atoms. The quantitative estimate of drug-likeness (QED) is 0.118. The van der Waals surface area contributed by atoms with Gasteiger partial charge < -0.3 is 31.1 Å². The van der Waals surface area contributed by atoms with E-state index in [9.17, 15) is 9.59 Å². The fraction of sp³-hybridized carbons (Fsp3) is 0.300. The SMILES string of the molecule is CC(C)(C)NC(=O)C(c1ccccc1)N(CCN(C(=S)Nc1ccccc1)C(C(=O)NC(C)(C)C)c1ccccc1)C(=S)Nc1ccccc1. The first-order valence-corrected chi connectivity index (χ1v) is 17.5. The van der Waals surface area contributed by atoms with Crippen molar-refractivity contribution in [2.45, 2.75) is 64.7 Å². The van der Waals surface area contributed by atoms with Crippen molar-refractivity contribution in [3.63, 3.8) is 0 Å². The summed E-state index contributed by atoms with van der Waals surface area (Å²) in [6, 6.07) is 36.8. The molecule has 10 heteroatoms. The van der Waals surface area contributed by atoms with Gasteiger partial charge in [0, 0.05) is 35.5 Å². The van der Waals surface area contributed by atoms with E-state index in [4.69, 9.17) is 24.4 Å². The first kappa shape index (κ1) is 38.0. The van der Waals surface area contributed by atoms with E-state index in [-0.39, 0.29) is 24.9 Å². The third-order valence-electron chi connectivity index (χ3n) is 7.50. The van der Waals surface area contributed by atoms with Crippen molar-refractivity contribution in [3.8, 4) is 0 Å². The third kappa shape index (κ3) is 11.4. The lowest BCUT2D eigenvalue weighted by Crippen LogP contribution is -2.54. The van der Waals surface area contributed by atoms with E-state index in [1.807, 2.05) is 173 Å². The van der Waals surface area contributed by atoms with Crippen LogP contribution >= 0.6 is 24.4 Å². The first-order valence-electron chi connectivity index (χ1n) is 16.7. The number of nitrogens with one attached hydrogen (secondary N) is 4. The van der Waals surface area contributed by atoms with E-state index in [0.717, 1.165) is 22.5 Å². The van der Waals surface area contributed by atoms with Gasteiger partial charge in [-0.2, -0.15) is 0 Å². The Kier molecular flexibility index (Phi) is 13.1. The van der Waals surface area contributed by atoms with E-state index in [1.54, 1.807) is 0 Å². The average molecular weight is 709 g/mol. The number of para-hydroxylation sites is 2. The Morgan fingerprint density at radius 1 is 0.520 bits per heavy atom. The molecule has 4 N–H and O–H groups in total. The monoisotopic (exact) mass is 708 g/mol. The van der Waals surface area contributed by atoms with Crippen LogP contribution in [0.25, 0.3) is 0 Å². The number of benzene rings is 4. The van der Waals surface area contributed by atoms with Gasteiger partial charge in [0.2, 0.25) is 11.8 Å². The predicted octanol–water partition coefficient (Wildman–Crippen LogP) is 7.70. The van der Waals surface area contributed by atoms with Gasteiger partial charge in [0.25, 0.3) is 0 Å². The molecule has 0 fully saturated rings. The largest absolute Gasteiger partial charge is 0.349 e. The number of rotatable bonds is 11. The maximum atomic E-state index is 14.2. The second kappa shape index (κ2) is 17.2. The summed E-state index contributed by atoms with van der Waals surface area (Å²) in [6.07, 6.45) is 0. The Hall–Kier alpha value is -4.80. The van der Waals surface area contributed by atoms with Crippen molar-refractivity contribution in [3.05, 3.63) is 132 Å². The van der Waals surface area contributed by atoms with Gasteiger partial charge in [0.1, 0.15) is 12.1 Å². The molecule has 2 unspecified atom stereocenters. The van der Waals surface area contributed by atoms with Crippen LogP contribution in [-0.4, -0.2) is 56.0 Å². The van der Waals surface area contributed by atoms with Gasteiger partial charge in [-0.1, -0.05) is 97.1 Å². The zero-order valence-corrected chi connectivity index (χ0v) is 31.3. The number of nitrogens with zero attached hydrogens (tertiary/aromatic N) is 2. The Morgan fingerprint density at radius 2 is 0.800 bits per heavy atom. The molecule has 0 bridgehead atoms. The van der Waals surface area contributed by atoms with Gasteiger partial charge in [0.15, 0.2) is 10.2 Å². The van der Waals surface area contributed by atoms with Crippen LogP contribution < -0.4 is 21.3 Å². The Balaban J connectivity index is 1.81. The molecule has 8 nitrogen and oxygen atoms in total. The molecular weight excluding hydrogens is 661 g/mol. The van der Waals surface area contributed by atoms with E-state index < -0.39 is 23.2 Å². The van der Waals surface area contributed by atoms with Crippen molar-refractivity contribution >= 4 is 57.8 Å². The molecule has 0 aromatic heterocycles. The summed E-state index contributed by atoms with van der Waals surface area (Å²) >= 11 is 12.2. The van der Waals surface area contributed by atoms with E-state index in [1.165, 1.54) is 0 Å². The second-order valence-corrected chi connectivity index (χ2v) is 14.9. The normalized spacial score (nSPS) is 12.5. The van der Waals surface area contributed by atoms with Gasteiger partial charge in [-0.25, -0.2) is 0 Å². The summed E-state index contributed by atoms with van der Waals surface area (Å²) in [7, 11) is 0. The van der Waals surface area contributed by atoms with Crippen LogP contribution in [0.4, 0.5) is 11.4 Å². The molecular formula is C40H48N6O2S2. The molecule has 4 rings (SSSR count). The molecule has 2 atom stereocenters. The number of carbonyl (C=O) groups excluding carboxylic acids is 2. The van der Waals surface area contributed by atoms with Crippen LogP contribution in [-0.2, 0) is 9.59 Å². The zero-order chi connectivity index (χ0) is 36.3. The van der Waals surface area contributed by atoms with Crippen molar-refractivity contribution in [2.24, 2.45) is 0 Å². The average Bonchev–Trinajstić information content (AvgIpc) is 3.06. The topological polar surface area (TPSA) is 88.7 Å². The molecule has 0 aliphatic carbocycles. The Labute approximate surface area is 307 Å². The van der Waals surface area contributed by atoms with Crippen LogP contribution in [0.5, 0.6) is 0 Å². The summed E-state index contributed by atoms with van der Waals surface area (Å²) in [5.41, 5.74) is 2.12. The fourth-order valence-corrected chi connectivity index (χ4v) is 6.07. The number of amides is 2. The Bertz CT molecular complexity index is 1580. The molecule has 0 aliphatic heterocycles. The van der Waals surface area contributed by atoms with Crippen molar-refractivity contribution < 1.29 is 9.59 Å². The molecule has 0 radical (unpaired) electrons. The zero-order valence-electron chi connectivity index (χ0n) is 29.6. The molecule has 4 aromatic rings. The van der Waals surface area contributed by atoms with E-state index in [0.29, 0.717) is 10.2 Å². The molecule has 4 aromatic carbocycles. The van der Waals surface area contributed by atoms with Crippen molar-refractivity contribution in [1.82, 2.24) is 20.4 Å². The molecule has 0 saturated carbocycles. The highest BCUT2D eigenvalue weighted by Gasteiger charge is 2.35. The van der Waals surface area contributed by atoms with Crippen LogP contribution in [0.1, 0.15) is 64.8 Å². The molecule has 0 saturated heterocycles. The van der Waals surface area contributed by atoms with Crippen LogP contribution in [0.15, 0.2) is 121 Å². The summed E-state index contributed by atoms with van der Waals surface area (Å²) in [6.45, 7) is 12.2. The minimum Gasteiger partial charge on any atom is -0.349 e. The Morgan fingerprint density at radius 3 is 1.08 bits per heavy atom. The smallest absolute Gasteiger partial charge is 0.247 e. The lowest BCUT2D eigenvalue weighted by atomic mass is 10.0. The molecule has 0 heterocycles. The predicted molar refractivity (Wildman–Crippen MR) is 213 cm³/mol. The number of thiocarbonyl (C=S) groups is 2. The maximum absolute atomic E-state index is 14.2. The van der Waals surface area contributed by atoms with Crippen molar-refractivity contribution in [1.29, 1.82) is 0 Å². The van der Waals surface area contributed by atoms with Gasteiger partial charge in [-0.05, 0) is 101 Å². The molecule has 262 valence electrons. The second-order valence-electron chi connectivity index (χ2n) is 14.1. The van der Waals surface area contributed by atoms with Crippen LogP contribution in [0.2, 0.25) is 0 Å². The van der Waals surface area contributed by atoms with Gasteiger partial charge in [0.05, 0.1) is 0 Å². The van der Waals surface area contributed by atoms with Crippen LogP contribution in [0.3, 0.4) is 0 Å². The standard InChI is InChI=1S/C40H48N6O2S2/c1-39(2,3)43-35(47)33(29-19-11-7-12-20-29)45(37(49)41-31-23-15-9-16-24-31)27-28-46(38(50)42-32-25-17-10-18-26-32)34(30-21-13-8-14-22-30)36(48)44-40(4,5)6/h7-26,33-34H,27-28H2,1-6H3,(H,41,49)(H,42,50)(H,43,47)(H,44,48).